The Labute approximate surface area is 154 Å². The monoisotopic (exact) mass is 351 g/mol. The molecule has 0 spiro atoms. The molecule has 1 amide bonds. The summed E-state index contributed by atoms with van der Waals surface area (Å²) in [5, 5.41) is 12.3. The highest BCUT2D eigenvalue weighted by Crippen LogP contribution is 2.19. The molecule has 0 bridgehead atoms. The summed E-state index contributed by atoms with van der Waals surface area (Å²) >= 11 is 0. The van der Waals surface area contributed by atoms with Gasteiger partial charge in [0.05, 0.1) is 12.6 Å². The van der Waals surface area contributed by atoms with E-state index in [0.29, 0.717) is 6.61 Å². The van der Waals surface area contributed by atoms with Crippen LogP contribution in [-0.4, -0.2) is 24.2 Å². The number of nitriles is 1. The van der Waals surface area contributed by atoms with Crippen LogP contribution in [0.4, 0.5) is 0 Å². The lowest BCUT2D eigenvalue weighted by atomic mass is 10.1. The smallest absolute Gasteiger partial charge is 0.262 e. The maximum atomic E-state index is 12.5. The van der Waals surface area contributed by atoms with Crippen molar-refractivity contribution >= 4 is 12.0 Å². The zero-order valence-electron chi connectivity index (χ0n) is 15.7. The SMILES string of the molecule is COCCn1c(C)cc(/C=C(/C#N)C(=O)N[C@H](C)c2ccccc2)c1C. The van der Waals surface area contributed by atoms with E-state index in [0.717, 1.165) is 29.1 Å². The van der Waals surface area contributed by atoms with Gasteiger partial charge in [-0.3, -0.25) is 4.79 Å². The van der Waals surface area contributed by atoms with Crippen LogP contribution >= 0.6 is 0 Å². The van der Waals surface area contributed by atoms with Crippen molar-refractivity contribution in [1.29, 1.82) is 5.26 Å². The van der Waals surface area contributed by atoms with E-state index in [-0.39, 0.29) is 17.5 Å². The molecule has 0 fully saturated rings. The molecule has 1 aromatic carbocycles. The molecule has 1 N–H and O–H groups in total. The van der Waals surface area contributed by atoms with Gasteiger partial charge < -0.3 is 14.6 Å². The lowest BCUT2D eigenvalue weighted by Crippen LogP contribution is -2.27. The second-order valence-corrected chi connectivity index (χ2v) is 6.25. The molecule has 0 unspecified atom stereocenters. The number of carbonyl (C=O) groups excluding carboxylic acids is 1. The van der Waals surface area contributed by atoms with E-state index < -0.39 is 0 Å². The Morgan fingerprint density at radius 2 is 2.04 bits per heavy atom. The van der Waals surface area contributed by atoms with Gasteiger partial charge in [-0.2, -0.15) is 5.26 Å². The highest BCUT2D eigenvalue weighted by molar-refractivity contribution is 6.02. The molecule has 26 heavy (non-hydrogen) atoms. The lowest BCUT2D eigenvalue weighted by Gasteiger charge is -2.13. The molecule has 2 rings (SSSR count). The summed E-state index contributed by atoms with van der Waals surface area (Å²) in [5.74, 6) is -0.370. The molecule has 0 aliphatic heterocycles. The van der Waals surface area contributed by atoms with Crippen molar-refractivity contribution in [3.8, 4) is 6.07 Å². The fourth-order valence-electron chi connectivity index (χ4n) is 2.90. The molecule has 0 aliphatic rings. The summed E-state index contributed by atoms with van der Waals surface area (Å²) in [6, 6.07) is 13.5. The average Bonchev–Trinajstić information content (AvgIpc) is 2.91. The minimum Gasteiger partial charge on any atom is -0.383 e. The average molecular weight is 351 g/mol. The second-order valence-electron chi connectivity index (χ2n) is 6.25. The van der Waals surface area contributed by atoms with Crippen LogP contribution in [0.2, 0.25) is 0 Å². The lowest BCUT2D eigenvalue weighted by molar-refractivity contribution is -0.117. The Morgan fingerprint density at radius 3 is 2.65 bits per heavy atom. The van der Waals surface area contributed by atoms with Gasteiger partial charge in [0.15, 0.2) is 0 Å². The van der Waals surface area contributed by atoms with Crippen molar-refractivity contribution in [3.63, 3.8) is 0 Å². The Balaban J connectivity index is 2.20. The Bertz CT molecular complexity index is 829. The van der Waals surface area contributed by atoms with Crippen molar-refractivity contribution in [2.75, 3.05) is 13.7 Å². The highest BCUT2D eigenvalue weighted by Gasteiger charge is 2.15. The second kappa shape index (κ2) is 9.02. The quantitative estimate of drug-likeness (QED) is 0.613. The number of aryl methyl sites for hydroxylation is 1. The number of nitrogens with zero attached hydrogens (tertiary/aromatic N) is 2. The van der Waals surface area contributed by atoms with Crippen LogP contribution < -0.4 is 5.32 Å². The molecule has 1 aromatic heterocycles. The first-order valence-corrected chi connectivity index (χ1v) is 8.61. The number of methoxy groups -OCH3 is 1. The van der Waals surface area contributed by atoms with Crippen LogP contribution in [0.5, 0.6) is 0 Å². The third kappa shape index (κ3) is 4.62. The summed E-state index contributed by atoms with van der Waals surface area (Å²) in [4.78, 5) is 12.5. The van der Waals surface area contributed by atoms with Crippen molar-refractivity contribution < 1.29 is 9.53 Å². The zero-order chi connectivity index (χ0) is 19.1. The predicted molar refractivity (Wildman–Crippen MR) is 102 cm³/mol. The number of amides is 1. The normalized spacial score (nSPS) is 12.5. The highest BCUT2D eigenvalue weighted by atomic mass is 16.5. The third-order valence-corrected chi connectivity index (χ3v) is 4.44. The number of hydrogen-bond acceptors (Lipinski definition) is 3. The minimum atomic E-state index is -0.370. The van der Waals surface area contributed by atoms with Crippen molar-refractivity contribution in [1.82, 2.24) is 9.88 Å². The fourth-order valence-corrected chi connectivity index (χ4v) is 2.90. The number of hydrogen-bond donors (Lipinski definition) is 1. The van der Waals surface area contributed by atoms with Crippen LogP contribution in [-0.2, 0) is 16.1 Å². The van der Waals surface area contributed by atoms with Gasteiger partial charge in [-0.05, 0) is 44.0 Å². The number of aromatic nitrogens is 1. The molecule has 0 aliphatic carbocycles. The maximum absolute atomic E-state index is 12.5. The number of carbonyl (C=O) groups is 1. The summed E-state index contributed by atoms with van der Waals surface area (Å²) in [6.45, 7) is 7.23. The third-order valence-electron chi connectivity index (χ3n) is 4.44. The van der Waals surface area contributed by atoms with Crippen LogP contribution in [0.1, 0.15) is 35.5 Å². The number of ether oxygens (including phenoxy) is 1. The van der Waals surface area contributed by atoms with E-state index in [2.05, 4.69) is 9.88 Å². The van der Waals surface area contributed by atoms with Gasteiger partial charge in [0, 0.05) is 25.0 Å². The fraction of sp³-hybridized carbons (Fsp3) is 0.333. The number of benzene rings is 1. The molecule has 0 saturated carbocycles. The van der Waals surface area contributed by atoms with E-state index in [1.165, 1.54) is 0 Å². The summed E-state index contributed by atoms with van der Waals surface area (Å²) in [7, 11) is 1.67. The van der Waals surface area contributed by atoms with E-state index in [9.17, 15) is 10.1 Å². The van der Waals surface area contributed by atoms with Crippen LogP contribution in [0.25, 0.3) is 6.08 Å². The first kappa shape index (κ1) is 19.5. The summed E-state index contributed by atoms with van der Waals surface area (Å²) in [6.07, 6.45) is 1.65. The first-order chi connectivity index (χ1) is 12.5. The van der Waals surface area contributed by atoms with Crippen molar-refractivity contribution in [2.24, 2.45) is 0 Å². The van der Waals surface area contributed by atoms with Gasteiger partial charge in [-0.1, -0.05) is 30.3 Å². The first-order valence-electron chi connectivity index (χ1n) is 8.61. The van der Waals surface area contributed by atoms with Crippen molar-refractivity contribution in [3.05, 3.63) is 64.5 Å². The van der Waals surface area contributed by atoms with Gasteiger partial charge in [-0.25, -0.2) is 0 Å². The van der Waals surface area contributed by atoms with Crippen molar-refractivity contribution in [2.45, 2.75) is 33.4 Å². The number of nitrogens with one attached hydrogen (secondary N) is 1. The van der Waals surface area contributed by atoms with E-state index >= 15 is 0 Å². The van der Waals surface area contributed by atoms with Gasteiger partial charge in [0.1, 0.15) is 11.6 Å². The largest absolute Gasteiger partial charge is 0.383 e. The standard InChI is InChI=1S/C21H25N3O2/c1-15-12-19(17(3)24(15)10-11-26-4)13-20(14-22)21(25)23-16(2)18-8-6-5-7-9-18/h5-9,12-13,16H,10-11H2,1-4H3,(H,23,25)/b20-13-/t16-/m1/s1. The molecule has 2 aromatic rings. The Hall–Kier alpha value is -2.84. The molecule has 1 heterocycles. The molecule has 1 atom stereocenters. The maximum Gasteiger partial charge on any atom is 0.262 e. The molecule has 5 heteroatoms. The Morgan fingerprint density at radius 1 is 1.35 bits per heavy atom. The molecule has 5 nitrogen and oxygen atoms in total. The van der Waals surface area contributed by atoms with Gasteiger partial charge >= 0.3 is 0 Å². The summed E-state index contributed by atoms with van der Waals surface area (Å²) < 4.78 is 7.26. The molecule has 136 valence electrons. The molecule has 0 radical (unpaired) electrons. The van der Waals surface area contributed by atoms with E-state index in [1.807, 2.05) is 63.2 Å². The molecular formula is C21H25N3O2. The van der Waals surface area contributed by atoms with Gasteiger partial charge in [0.2, 0.25) is 0 Å². The number of rotatable bonds is 7. The van der Waals surface area contributed by atoms with E-state index in [4.69, 9.17) is 4.74 Å². The van der Waals surface area contributed by atoms with Gasteiger partial charge in [-0.15, -0.1) is 0 Å². The van der Waals surface area contributed by atoms with Crippen LogP contribution in [0, 0.1) is 25.2 Å². The van der Waals surface area contributed by atoms with E-state index in [1.54, 1.807) is 13.2 Å². The predicted octanol–water partition coefficient (Wildman–Crippen LogP) is 3.54. The summed E-state index contributed by atoms with van der Waals surface area (Å²) in [5.41, 5.74) is 4.05. The molecular weight excluding hydrogens is 326 g/mol. The topological polar surface area (TPSA) is 67.0 Å². The van der Waals surface area contributed by atoms with Crippen LogP contribution in [0.3, 0.4) is 0 Å². The zero-order valence-corrected chi connectivity index (χ0v) is 15.7. The minimum absolute atomic E-state index is 0.0970. The van der Waals surface area contributed by atoms with Crippen LogP contribution in [0.15, 0.2) is 42.0 Å². The van der Waals surface area contributed by atoms with Gasteiger partial charge in [0.25, 0.3) is 5.91 Å². The Kier molecular flexibility index (Phi) is 6.76. The molecule has 0 saturated heterocycles.